The van der Waals surface area contributed by atoms with Gasteiger partial charge in [0.2, 0.25) is 5.43 Å². The summed E-state index contributed by atoms with van der Waals surface area (Å²) in [7, 11) is 0. The van der Waals surface area contributed by atoms with Crippen molar-refractivity contribution in [3.05, 3.63) is 88.3 Å². The molecule has 1 atom stereocenters. The van der Waals surface area contributed by atoms with Gasteiger partial charge in [-0.15, -0.1) is 0 Å². The summed E-state index contributed by atoms with van der Waals surface area (Å²) < 4.78 is 20.3. The van der Waals surface area contributed by atoms with E-state index in [-0.39, 0.29) is 23.3 Å². The van der Waals surface area contributed by atoms with E-state index in [1.165, 1.54) is 23.1 Å². The number of thiocarbonyl (C=S) groups is 1. The number of carbonyl (C=O) groups is 1. The molecule has 0 aliphatic carbocycles. The van der Waals surface area contributed by atoms with Gasteiger partial charge in [-0.3, -0.25) is 9.69 Å². The van der Waals surface area contributed by atoms with E-state index in [4.69, 9.17) is 17.0 Å². The van der Waals surface area contributed by atoms with Gasteiger partial charge in [-0.25, -0.2) is 9.18 Å². The molecule has 0 bridgehead atoms. The molecule has 2 N–H and O–H groups in total. The second kappa shape index (κ2) is 10.0. The number of amides is 1. The van der Waals surface area contributed by atoms with Crippen LogP contribution in [0.2, 0.25) is 0 Å². The molecule has 8 heteroatoms. The Balaban J connectivity index is 1.55. The molecule has 174 valence electrons. The third-order valence-corrected chi connectivity index (χ3v) is 5.60. The Hall–Kier alpha value is -3.78. The highest BCUT2D eigenvalue weighted by atomic mass is 32.1. The van der Waals surface area contributed by atoms with Gasteiger partial charge in [0, 0.05) is 0 Å². The van der Waals surface area contributed by atoms with E-state index >= 15 is 0 Å². The first-order chi connectivity index (χ1) is 16.3. The number of ether oxygens (including phenoxy) is 1. The molecule has 0 saturated carbocycles. The molecule has 1 aliphatic heterocycles. The van der Waals surface area contributed by atoms with Crippen molar-refractivity contribution in [1.82, 2.24) is 5.32 Å². The molecule has 0 radical (unpaired) electrons. The van der Waals surface area contributed by atoms with Gasteiger partial charge in [0.25, 0.3) is 0 Å². The Labute approximate surface area is 202 Å². The number of anilines is 3. The molecular weight excluding hydrogens is 453 g/mol. The average Bonchev–Trinajstić information content (AvgIpc) is 3.08. The number of halogens is 1. The Kier molecular flexibility index (Phi) is 6.88. The summed E-state index contributed by atoms with van der Waals surface area (Å²) in [6, 6.07) is 18.9. The molecule has 0 unspecified atom stereocenters. The molecule has 1 amide bonds. The van der Waals surface area contributed by atoms with Crippen LogP contribution in [0.15, 0.2) is 71.5 Å². The normalized spacial score (nSPS) is 15.1. The van der Waals surface area contributed by atoms with Gasteiger partial charge in [-0.05, 0) is 55.3 Å². The lowest BCUT2D eigenvalue weighted by atomic mass is 10.1. The fourth-order valence-electron chi connectivity index (χ4n) is 3.64. The molecule has 3 aromatic carbocycles. The average molecular weight is 478 g/mol. The highest BCUT2D eigenvalue weighted by Gasteiger charge is 2.32. The van der Waals surface area contributed by atoms with Crippen LogP contribution in [-0.4, -0.2) is 30.3 Å². The largest absolute Gasteiger partial charge is 0.442 e. The van der Waals surface area contributed by atoms with E-state index < -0.39 is 18.0 Å². The van der Waals surface area contributed by atoms with E-state index in [1.807, 2.05) is 37.3 Å². The van der Waals surface area contributed by atoms with Crippen LogP contribution in [0, 0.1) is 12.7 Å². The van der Waals surface area contributed by atoms with Crippen LogP contribution in [0.3, 0.4) is 0 Å². The molecule has 1 saturated heterocycles. The quantitative estimate of drug-likeness (QED) is 0.478. The highest BCUT2D eigenvalue weighted by Crippen LogP contribution is 2.28. The van der Waals surface area contributed by atoms with Crippen LogP contribution in [0.25, 0.3) is 11.1 Å². The molecule has 1 heterocycles. The lowest BCUT2D eigenvalue weighted by Crippen LogP contribution is -2.32. The number of benzene rings is 2. The second-order valence-electron chi connectivity index (χ2n) is 8.11. The Morgan fingerprint density at radius 1 is 1.06 bits per heavy atom. The van der Waals surface area contributed by atoms with Gasteiger partial charge in [0.05, 0.1) is 35.1 Å². The summed E-state index contributed by atoms with van der Waals surface area (Å²) in [5.41, 5.74) is 3.38. The van der Waals surface area contributed by atoms with Crippen LogP contribution < -0.4 is 21.0 Å². The smallest absolute Gasteiger partial charge is 0.414 e. The van der Waals surface area contributed by atoms with Crippen molar-refractivity contribution >= 4 is 40.4 Å². The minimum absolute atomic E-state index is 0.129. The first kappa shape index (κ1) is 23.4. The maximum absolute atomic E-state index is 15.0. The molecule has 3 aromatic rings. The van der Waals surface area contributed by atoms with Gasteiger partial charge in [0.15, 0.2) is 0 Å². The summed E-state index contributed by atoms with van der Waals surface area (Å²) in [5, 5.41) is 5.87. The van der Waals surface area contributed by atoms with Crippen LogP contribution in [-0.2, 0) is 4.74 Å². The van der Waals surface area contributed by atoms with E-state index in [0.717, 1.165) is 16.7 Å². The van der Waals surface area contributed by atoms with Gasteiger partial charge < -0.3 is 15.4 Å². The van der Waals surface area contributed by atoms with Crippen molar-refractivity contribution in [1.29, 1.82) is 0 Å². The minimum atomic E-state index is -0.593. The van der Waals surface area contributed by atoms with Crippen molar-refractivity contribution in [2.75, 3.05) is 23.3 Å². The molecule has 34 heavy (non-hydrogen) atoms. The van der Waals surface area contributed by atoms with E-state index in [9.17, 15) is 14.0 Å². The number of nitrogens with zero attached hydrogens (tertiary/aromatic N) is 1. The number of hydrogen-bond donors (Lipinski definition) is 2. The second-order valence-corrected chi connectivity index (χ2v) is 8.72. The van der Waals surface area contributed by atoms with Gasteiger partial charge >= 0.3 is 6.09 Å². The Morgan fingerprint density at radius 3 is 2.53 bits per heavy atom. The summed E-state index contributed by atoms with van der Waals surface area (Å²) >= 11 is 4.98. The minimum Gasteiger partial charge on any atom is -0.442 e. The van der Waals surface area contributed by atoms with Gasteiger partial charge in [0.1, 0.15) is 11.9 Å². The summed E-state index contributed by atoms with van der Waals surface area (Å²) in [6.45, 7) is 4.41. The molecule has 1 fully saturated rings. The number of hydrogen-bond acceptors (Lipinski definition) is 5. The molecule has 0 spiro atoms. The lowest BCUT2D eigenvalue weighted by molar-refractivity contribution is 0.143. The first-order valence-corrected chi connectivity index (χ1v) is 11.2. The predicted octanol–water partition coefficient (Wildman–Crippen LogP) is 5.17. The van der Waals surface area contributed by atoms with E-state index in [0.29, 0.717) is 17.2 Å². The van der Waals surface area contributed by atoms with Crippen molar-refractivity contribution in [3.63, 3.8) is 0 Å². The van der Waals surface area contributed by atoms with Crippen molar-refractivity contribution in [2.45, 2.75) is 20.0 Å². The number of aryl methyl sites for hydroxylation is 1. The monoisotopic (exact) mass is 477 g/mol. The third kappa shape index (κ3) is 5.40. The predicted molar refractivity (Wildman–Crippen MR) is 136 cm³/mol. The zero-order valence-corrected chi connectivity index (χ0v) is 19.6. The van der Waals surface area contributed by atoms with Crippen LogP contribution >= 0.6 is 12.2 Å². The standard InChI is InChI=1S/C26H24FN3O3S/c1-16-6-8-18(9-7-16)19-4-3-5-25(31)24(12-19)29-23-11-10-20(13-22(23)27)30-15-21(33-26(30)32)14-28-17(2)34/h3-13,21H,14-15H2,1-2H3,(H,28,34)(H,29,31)/t21-/m0/s1. The molecule has 0 aromatic heterocycles. The number of nitrogens with one attached hydrogen (secondary N) is 2. The topological polar surface area (TPSA) is 70.7 Å². The number of carbonyl (C=O) groups excluding carboxylic acids is 1. The fourth-order valence-corrected chi connectivity index (χ4v) is 3.72. The van der Waals surface area contributed by atoms with E-state index in [1.54, 1.807) is 25.1 Å². The molecule has 4 rings (SSSR count). The maximum atomic E-state index is 15.0. The fraction of sp³-hybridized carbons (Fsp3) is 0.192. The maximum Gasteiger partial charge on any atom is 0.414 e. The summed E-state index contributed by atoms with van der Waals surface area (Å²) in [5.74, 6) is -0.593. The molecule has 1 aliphatic rings. The SMILES string of the molecule is CC(=S)NC[C@H]1CN(c2ccc(Nc3cc(-c4ccc(C)cc4)cccc3=O)c(F)c2)C(=O)O1. The molecular formula is C26H24FN3O3S. The molecule has 6 nitrogen and oxygen atoms in total. The van der Waals surface area contributed by atoms with Crippen molar-refractivity contribution in [3.8, 4) is 11.1 Å². The van der Waals surface area contributed by atoms with Crippen LogP contribution in [0.1, 0.15) is 12.5 Å². The third-order valence-electron chi connectivity index (χ3n) is 5.46. The van der Waals surface area contributed by atoms with Crippen molar-refractivity contribution in [2.24, 2.45) is 0 Å². The van der Waals surface area contributed by atoms with E-state index in [2.05, 4.69) is 10.6 Å². The number of rotatable bonds is 6. The number of cyclic esters (lactones) is 1. The Bertz CT molecular complexity index is 1300. The summed E-state index contributed by atoms with van der Waals surface area (Å²) in [6.07, 6.45) is -0.938. The highest BCUT2D eigenvalue weighted by molar-refractivity contribution is 7.80. The lowest BCUT2D eigenvalue weighted by Gasteiger charge is -2.15. The van der Waals surface area contributed by atoms with Crippen molar-refractivity contribution < 1.29 is 13.9 Å². The van der Waals surface area contributed by atoms with Crippen LogP contribution in [0.5, 0.6) is 0 Å². The first-order valence-electron chi connectivity index (χ1n) is 10.8. The zero-order valence-electron chi connectivity index (χ0n) is 18.8. The van der Waals surface area contributed by atoms with Gasteiger partial charge in [-0.1, -0.05) is 54.2 Å². The summed E-state index contributed by atoms with van der Waals surface area (Å²) in [4.78, 5) is 26.8. The Morgan fingerprint density at radius 2 is 1.82 bits per heavy atom. The van der Waals surface area contributed by atoms with Crippen LogP contribution in [0.4, 0.5) is 26.2 Å². The zero-order chi connectivity index (χ0) is 24.2. The van der Waals surface area contributed by atoms with Gasteiger partial charge in [-0.2, -0.15) is 0 Å².